The Hall–Kier alpha value is -0.430. The highest BCUT2D eigenvalue weighted by atomic mass is 32.1. The third-order valence-electron chi connectivity index (χ3n) is 5.32. The Morgan fingerprint density at radius 1 is 0.842 bits per heavy atom. The van der Waals surface area contributed by atoms with Crippen LogP contribution in [0.15, 0.2) is 12.1 Å². The van der Waals surface area contributed by atoms with Crippen molar-refractivity contribution in [3.05, 3.63) is 27.5 Å². The van der Waals surface area contributed by atoms with Crippen LogP contribution in [0.3, 0.4) is 0 Å². The van der Waals surface area contributed by atoms with Crippen LogP contribution in [0.2, 0.25) is 0 Å². The maximum Gasteiger partial charge on any atom is 0.219 e. The Morgan fingerprint density at radius 2 is 1.32 bits per heavy atom. The average molecular weight is 280 g/mol. The van der Waals surface area contributed by atoms with Gasteiger partial charge in [0.25, 0.3) is 0 Å². The highest BCUT2D eigenvalue weighted by molar-refractivity contribution is 7.12. The van der Waals surface area contributed by atoms with Gasteiger partial charge in [-0.3, -0.25) is 0 Å². The molecule has 108 valence electrons. The van der Waals surface area contributed by atoms with E-state index in [4.69, 9.17) is 0 Å². The summed E-state index contributed by atoms with van der Waals surface area (Å²) in [5.41, 5.74) is 2.15. The van der Waals surface area contributed by atoms with Gasteiger partial charge in [-0.1, -0.05) is 41.5 Å². The van der Waals surface area contributed by atoms with Crippen molar-refractivity contribution in [1.82, 2.24) is 0 Å². The first-order valence-corrected chi connectivity index (χ1v) is 8.63. The highest BCUT2D eigenvalue weighted by Crippen LogP contribution is 2.41. The number of aryl methyl sites for hydroxylation is 1. The van der Waals surface area contributed by atoms with Crippen LogP contribution in [-0.4, -0.2) is 0 Å². The van der Waals surface area contributed by atoms with Crippen molar-refractivity contribution in [2.24, 2.45) is 0 Å². The molecule has 0 spiro atoms. The maximum atomic E-state index is 2.42. The molecule has 0 aliphatic carbocycles. The third-order valence-corrected chi connectivity index (χ3v) is 7.19. The van der Waals surface area contributed by atoms with Gasteiger partial charge in [0.1, 0.15) is 0 Å². The lowest BCUT2D eigenvalue weighted by Gasteiger charge is -2.25. The van der Waals surface area contributed by atoms with Gasteiger partial charge in [0.05, 0.1) is 0 Å². The standard InChI is InChI=1S/C18H31S/c1-8-17(6,9-2)15-13-12-14(5)16(19-15)18(7,10-3)11-4/h12-13H,8-11H2,1-7H3/q+1. The van der Waals surface area contributed by atoms with Gasteiger partial charge >= 0.3 is 0 Å². The van der Waals surface area contributed by atoms with Gasteiger partial charge < -0.3 is 0 Å². The van der Waals surface area contributed by atoms with Crippen molar-refractivity contribution in [3.63, 3.8) is 0 Å². The van der Waals surface area contributed by atoms with Crippen molar-refractivity contribution in [2.75, 3.05) is 0 Å². The van der Waals surface area contributed by atoms with Crippen molar-refractivity contribution in [1.29, 1.82) is 0 Å². The van der Waals surface area contributed by atoms with Crippen LogP contribution >= 0.6 is 11.3 Å². The molecule has 0 radical (unpaired) electrons. The minimum atomic E-state index is 0.340. The van der Waals surface area contributed by atoms with Crippen LogP contribution in [0.25, 0.3) is 0 Å². The molecule has 0 aliphatic rings. The molecular formula is C18H31S+. The van der Waals surface area contributed by atoms with Crippen molar-refractivity contribution in [3.8, 4) is 0 Å². The SMILES string of the molecule is CCC(C)(CC)c1ccc(C)c(C(C)(CC)CC)[s+]1. The van der Waals surface area contributed by atoms with Gasteiger partial charge in [-0.15, -0.1) is 0 Å². The molecule has 1 heterocycles. The van der Waals surface area contributed by atoms with Crippen LogP contribution in [-0.2, 0) is 10.8 Å². The molecule has 1 rings (SSSR count). The topological polar surface area (TPSA) is 0 Å². The third kappa shape index (κ3) is 3.18. The van der Waals surface area contributed by atoms with Gasteiger partial charge in [-0.25, -0.2) is 0 Å². The van der Waals surface area contributed by atoms with Crippen molar-refractivity contribution in [2.45, 2.75) is 85.0 Å². The number of hydrogen-bond acceptors (Lipinski definition) is 0. The quantitative estimate of drug-likeness (QED) is 0.522. The van der Waals surface area contributed by atoms with Crippen molar-refractivity contribution >= 4 is 11.3 Å². The molecule has 0 unspecified atom stereocenters. The van der Waals surface area contributed by atoms with E-state index in [9.17, 15) is 0 Å². The van der Waals surface area contributed by atoms with E-state index in [0.717, 1.165) is 0 Å². The van der Waals surface area contributed by atoms with Crippen LogP contribution in [0.1, 0.15) is 82.5 Å². The van der Waals surface area contributed by atoms with Gasteiger partial charge in [0, 0.05) is 16.4 Å². The Balaban J connectivity index is 3.36. The van der Waals surface area contributed by atoms with E-state index < -0.39 is 0 Å². The molecule has 0 aliphatic heterocycles. The molecular weight excluding hydrogens is 248 g/mol. The van der Waals surface area contributed by atoms with E-state index in [1.165, 1.54) is 31.2 Å². The van der Waals surface area contributed by atoms with Crippen LogP contribution in [0.4, 0.5) is 0 Å². The lowest BCUT2D eigenvalue weighted by Crippen LogP contribution is -2.22. The fourth-order valence-electron chi connectivity index (χ4n) is 2.59. The number of rotatable bonds is 6. The highest BCUT2D eigenvalue weighted by Gasteiger charge is 2.38. The van der Waals surface area contributed by atoms with Gasteiger partial charge in [0.15, 0.2) is 0 Å². The molecule has 0 fully saturated rings. The summed E-state index contributed by atoms with van der Waals surface area (Å²) in [6.07, 6.45) is 4.88. The second kappa shape index (κ2) is 6.35. The predicted octanol–water partition coefficient (Wildman–Crippen LogP) is 6.49. The van der Waals surface area contributed by atoms with Gasteiger partial charge in [-0.2, -0.15) is 0 Å². The zero-order valence-corrected chi connectivity index (χ0v) is 14.7. The van der Waals surface area contributed by atoms with E-state index in [1.54, 1.807) is 9.75 Å². The lowest BCUT2D eigenvalue weighted by atomic mass is 9.81. The fourth-order valence-corrected chi connectivity index (χ4v) is 4.25. The summed E-state index contributed by atoms with van der Waals surface area (Å²) in [6, 6.07) is 4.70. The normalized spacial score (nSPS) is 12.8. The molecule has 0 bridgehead atoms. The summed E-state index contributed by atoms with van der Waals surface area (Å²) in [5, 5.41) is 0. The van der Waals surface area contributed by atoms with Crippen LogP contribution < -0.4 is 0 Å². The number of hydrogen-bond donors (Lipinski definition) is 0. The maximum absolute atomic E-state index is 2.42. The second-order valence-corrected chi connectivity index (χ2v) is 7.40. The average Bonchev–Trinajstić information content (AvgIpc) is 2.46. The smallest absolute Gasteiger partial charge is 0.0644 e. The zero-order valence-electron chi connectivity index (χ0n) is 13.9. The van der Waals surface area contributed by atoms with Crippen LogP contribution in [0, 0.1) is 6.92 Å². The van der Waals surface area contributed by atoms with E-state index in [-0.39, 0.29) is 0 Å². The minimum absolute atomic E-state index is 0.340. The first kappa shape index (κ1) is 16.6. The minimum Gasteiger partial charge on any atom is -0.0644 e. The largest absolute Gasteiger partial charge is 0.219 e. The van der Waals surface area contributed by atoms with Crippen LogP contribution in [0.5, 0.6) is 0 Å². The monoisotopic (exact) mass is 279 g/mol. The van der Waals surface area contributed by atoms with Crippen molar-refractivity contribution < 1.29 is 0 Å². The Labute approximate surface area is 124 Å². The lowest BCUT2D eigenvalue weighted by molar-refractivity contribution is 0.439. The summed E-state index contributed by atoms with van der Waals surface area (Å²) in [5.74, 6) is 0. The first-order valence-electron chi connectivity index (χ1n) is 7.81. The molecule has 1 aromatic rings. The molecule has 0 aromatic carbocycles. The Bertz CT molecular complexity index is 412. The van der Waals surface area contributed by atoms with E-state index in [2.05, 4.69) is 71.9 Å². The Morgan fingerprint density at radius 3 is 1.74 bits per heavy atom. The summed E-state index contributed by atoms with van der Waals surface area (Å²) in [7, 11) is 0. The molecule has 0 atom stereocenters. The summed E-state index contributed by atoms with van der Waals surface area (Å²) >= 11 is 2.06. The molecule has 0 amide bonds. The summed E-state index contributed by atoms with van der Waals surface area (Å²) in [6.45, 7) is 16.4. The molecule has 0 saturated carbocycles. The molecule has 0 N–H and O–H groups in total. The first-order chi connectivity index (χ1) is 8.86. The molecule has 0 nitrogen and oxygen atoms in total. The summed E-state index contributed by atoms with van der Waals surface area (Å²) in [4.78, 5) is 3.16. The second-order valence-electron chi connectivity index (χ2n) is 6.35. The Kier molecular flexibility index (Phi) is 5.55. The summed E-state index contributed by atoms with van der Waals surface area (Å²) < 4.78 is 0. The predicted molar refractivity (Wildman–Crippen MR) is 89.3 cm³/mol. The molecule has 0 saturated heterocycles. The van der Waals surface area contributed by atoms with E-state index in [0.29, 0.717) is 10.8 Å². The van der Waals surface area contributed by atoms with E-state index in [1.807, 2.05) is 0 Å². The molecule has 19 heavy (non-hydrogen) atoms. The zero-order chi connectivity index (χ0) is 14.7. The van der Waals surface area contributed by atoms with E-state index >= 15 is 0 Å². The van der Waals surface area contributed by atoms with Gasteiger partial charge in [0.2, 0.25) is 21.1 Å². The fraction of sp³-hybridized carbons (Fsp3) is 0.722. The van der Waals surface area contributed by atoms with Gasteiger partial charge in [-0.05, 0) is 44.7 Å². The molecule has 1 aromatic heterocycles. The molecule has 1 heteroatoms.